The van der Waals surface area contributed by atoms with Gasteiger partial charge in [0.2, 0.25) is 5.91 Å². The lowest BCUT2D eigenvalue weighted by Crippen LogP contribution is -2.56. The van der Waals surface area contributed by atoms with Crippen LogP contribution in [0.25, 0.3) is 28.0 Å². The molecule has 1 aromatic carbocycles. The van der Waals surface area contributed by atoms with E-state index in [0.29, 0.717) is 31.0 Å². The van der Waals surface area contributed by atoms with E-state index in [1.54, 1.807) is 24.7 Å². The highest BCUT2D eigenvalue weighted by molar-refractivity contribution is 6.02. The second kappa shape index (κ2) is 9.08. The fraction of sp³-hybridized carbons (Fsp3) is 0.321. The van der Waals surface area contributed by atoms with Crippen LogP contribution in [-0.4, -0.2) is 56.0 Å². The van der Waals surface area contributed by atoms with Gasteiger partial charge in [-0.2, -0.15) is 5.26 Å². The van der Waals surface area contributed by atoms with E-state index in [1.807, 2.05) is 54.6 Å². The molecule has 1 atom stereocenters. The molecule has 4 aromatic rings. The number of carbonyl (C=O) groups is 1. The first-order valence-corrected chi connectivity index (χ1v) is 12.1. The van der Waals surface area contributed by atoms with E-state index in [9.17, 15) is 10.1 Å². The molecule has 0 spiro atoms. The first kappa shape index (κ1) is 23.5. The summed E-state index contributed by atoms with van der Waals surface area (Å²) >= 11 is 0. The Kier molecular flexibility index (Phi) is 5.92. The monoisotopic (exact) mass is 479 g/mol. The molecule has 1 fully saturated rings. The van der Waals surface area contributed by atoms with Crippen LogP contribution in [0.2, 0.25) is 0 Å². The summed E-state index contributed by atoms with van der Waals surface area (Å²) in [6, 6.07) is 15.9. The molecule has 0 bridgehead atoms. The highest BCUT2D eigenvalue weighted by Crippen LogP contribution is 2.37. The van der Waals surface area contributed by atoms with Gasteiger partial charge < -0.3 is 9.80 Å². The maximum absolute atomic E-state index is 12.9. The third kappa shape index (κ3) is 4.17. The lowest BCUT2D eigenvalue weighted by Gasteiger charge is -2.42. The topological polar surface area (TPSA) is 90.9 Å². The van der Waals surface area contributed by atoms with E-state index < -0.39 is 5.41 Å². The molecule has 0 radical (unpaired) electrons. The van der Waals surface area contributed by atoms with E-state index in [4.69, 9.17) is 4.98 Å². The lowest BCUT2D eigenvalue weighted by molar-refractivity contribution is -0.140. The standard InChI is InChI=1S/C28H29N7O/c1-19-16-33(27(36)28(2,3)4)12-13-34(19)25-24-22(21-8-6-5-7-9-21)17-35(26(24)32-18-31-25)23-14-20(15-29)10-11-30-23/h5-11,14,17-19H,12-13,16H2,1-4H3/t19-/m0/s1. The average Bonchev–Trinajstić information content (AvgIpc) is 3.28. The number of carbonyl (C=O) groups excluding carboxylic acids is 1. The van der Waals surface area contributed by atoms with Crippen molar-refractivity contribution in [2.24, 2.45) is 5.41 Å². The van der Waals surface area contributed by atoms with Gasteiger partial charge >= 0.3 is 0 Å². The fourth-order valence-electron chi connectivity index (χ4n) is 4.83. The maximum atomic E-state index is 12.9. The van der Waals surface area contributed by atoms with Crippen LogP contribution >= 0.6 is 0 Å². The molecule has 5 rings (SSSR count). The first-order chi connectivity index (χ1) is 17.3. The van der Waals surface area contributed by atoms with Crippen LogP contribution in [0.3, 0.4) is 0 Å². The SMILES string of the molecule is C[C@H]1CN(C(=O)C(C)(C)C)CCN1c1ncnc2c1c(-c1ccccc1)cn2-c1cc(C#N)ccn1. The predicted molar refractivity (Wildman–Crippen MR) is 140 cm³/mol. The number of piperazine rings is 1. The third-order valence-corrected chi connectivity index (χ3v) is 6.60. The molecule has 36 heavy (non-hydrogen) atoms. The summed E-state index contributed by atoms with van der Waals surface area (Å²) in [4.78, 5) is 31.1. The molecule has 8 heteroatoms. The molecule has 1 aliphatic heterocycles. The molecule has 0 unspecified atom stereocenters. The van der Waals surface area contributed by atoms with Gasteiger partial charge in [-0.3, -0.25) is 9.36 Å². The summed E-state index contributed by atoms with van der Waals surface area (Å²) in [5.74, 6) is 1.63. The predicted octanol–water partition coefficient (Wildman–Crippen LogP) is 4.44. The number of hydrogen-bond acceptors (Lipinski definition) is 6. The zero-order chi connectivity index (χ0) is 25.4. The van der Waals surface area contributed by atoms with Crippen molar-refractivity contribution in [3.63, 3.8) is 0 Å². The molecule has 0 aliphatic carbocycles. The second-order valence-electron chi connectivity index (χ2n) is 10.2. The summed E-state index contributed by atoms with van der Waals surface area (Å²) < 4.78 is 1.92. The van der Waals surface area contributed by atoms with Crippen molar-refractivity contribution in [2.45, 2.75) is 33.7 Å². The minimum atomic E-state index is -0.410. The van der Waals surface area contributed by atoms with Crippen molar-refractivity contribution in [3.8, 4) is 23.0 Å². The number of nitrogens with zero attached hydrogens (tertiary/aromatic N) is 7. The first-order valence-electron chi connectivity index (χ1n) is 12.1. The van der Waals surface area contributed by atoms with Gasteiger partial charge in [0.15, 0.2) is 5.65 Å². The van der Waals surface area contributed by atoms with Crippen LogP contribution < -0.4 is 4.90 Å². The Morgan fingerprint density at radius 2 is 1.86 bits per heavy atom. The number of rotatable bonds is 3. The van der Waals surface area contributed by atoms with Gasteiger partial charge in [0.1, 0.15) is 18.0 Å². The minimum Gasteiger partial charge on any atom is -0.350 e. The van der Waals surface area contributed by atoms with Crippen molar-refractivity contribution >= 4 is 22.8 Å². The van der Waals surface area contributed by atoms with Gasteiger partial charge in [0.25, 0.3) is 0 Å². The summed E-state index contributed by atoms with van der Waals surface area (Å²) in [5, 5.41) is 10.3. The van der Waals surface area contributed by atoms with E-state index in [1.165, 1.54) is 0 Å². The summed E-state index contributed by atoms with van der Waals surface area (Å²) in [5.41, 5.74) is 2.88. The smallest absolute Gasteiger partial charge is 0.228 e. The van der Waals surface area contributed by atoms with Gasteiger partial charge in [-0.15, -0.1) is 0 Å². The number of anilines is 1. The number of aromatic nitrogens is 4. The van der Waals surface area contributed by atoms with E-state index in [2.05, 4.69) is 40.0 Å². The Labute approximate surface area is 210 Å². The Morgan fingerprint density at radius 3 is 2.56 bits per heavy atom. The van der Waals surface area contributed by atoms with Crippen molar-refractivity contribution in [1.29, 1.82) is 5.26 Å². The zero-order valence-corrected chi connectivity index (χ0v) is 21.0. The zero-order valence-electron chi connectivity index (χ0n) is 21.0. The quantitative estimate of drug-likeness (QED) is 0.432. The van der Waals surface area contributed by atoms with Crippen LogP contribution in [0, 0.1) is 16.7 Å². The van der Waals surface area contributed by atoms with Crippen LogP contribution in [0.4, 0.5) is 5.82 Å². The van der Waals surface area contributed by atoms with Gasteiger partial charge in [0.05, 0.1) is 17.0 Å². The molecule has 4 heterocycles. The van der Waals surface area contributed by atoms with Crippen LogP contribution in [-0.2, 0) is 4.79 Å². The van der Waals surface area contributed by atoms with Gasteiger partial charge in [-0.1, -0.05) is 51.1 Å². The summed E-state index contributed by atoms with van der Waals surface area (Å²) in [6.07, 6.45) is 5.24. The molecule has 0 saturated carbocycles. The normalized spacial score (nSPS) is 16.2. The molecule has 3 aromatic heterocycles. The Balaban J connectivity index is 1.64. The second-order valence-corrected chi connectivity index (χ2v) is 10.2. The molecular formula is C28H29N7O. The van der Waals surface area contributed by atoms with Crippen molar-refractivity contribution in [2.75, 3.05) is 24.5 Å². The van der Waals surface area contributed by atoms with E-state index >= 15 is 0 Å². The Hall–Kier alpha value is -4.25. The molecule has 0 N–H and O–H groups in total. The van der Waals surface area contributed by atoms with Gasteiger partial charge in [-0.25, -0.2) is 15.0 Å². The molecule has 1 aliphatic rings. The molecule has 1 saturated heterocycles. The maximum Gasteiger partial charge on any atom is 0.228 e. The average molecular weight is 480 g/mol. The Morgan fingerprint density at radius 1 is 1.08 bits per heavy atom. The van der Waals surface area contributed by atoms with Crippen LogP contribution in [0.5, 0.6) is 0 Å². The third-order valence-electron chi connectivity index (χ3n) is 6.60. The van der Waals surface area contributed by atoms with Crippen LogP contribution in [0.1, 0.15) is 33.3 Å². The van der Waals surface area contributed by atoms with Crippen molar-refractivity contribution in [3.05, 3.63) is 66.7 Å². The summed E-state index contributed by atoms with van der Waals surface area (Å²) in [7, 11) is 0. The van der Waals surface area contributed by atoms with E-state index in [0.717, 1.165) is 28.0 Å². The van der Waals surface area contributed by atoms with E-state index in [-0.39, 0.29) is 11.9 Å². The molecule has 1 amide bonds. The van der Waals surface area contributed by atoms with Gasteiger partial charge in [0, 0.05) is 49.0 Å². The van der Waals surface area contributed by atoms with Crippen molar-refractivity contribution < 1.29 is 4.79 Å². The molecular weight excluding hydrogens is 450 g/mol. The number of hydrogen-bond donors (Lipinski definition) is 0. The summed E-state index contributed by atoms with van der Waals surface area (Å²) in [6.45, 7) is 9.97. The van der Waals surface area contributed by atoms with Crippen molar-refractivity contribution in [1.82, 2.24) is 24.4 Å². The largest absolute Gasteiger partial charge is 0.350 e. The molecule has 182 valence electrons. The fourth-order valence-corrected chi connectivity index (χ4v) is 4.83. The molecule has 8 nitrogen and oxygen atoms in total. The minimum absolute atomic E-state index is 0.0789. The number of fused-ring (bicyclic) bond motifs is 1. The van der Waals surface area contributed by atoms with Gasteiger partial charge in [-0.05, 0) is 24.6 Å². The highest BCUT2D eigenvalue weighted by Gasteiger charge is 2.34. The number of amides is 1. The van der Waals surface area contributed by atoms with Crippen LogP contribution in [0.15, 0.2) is 61.2 Å². The lowest BCUT2D eigenvalue weighted by atomic mass is 9.94. The number of nitriles is 1. The number of benzene rings is 1. The number of pyridine rings is 1. The highest BCUT2D eigenvalue weighted by atomic mass is 16.2. The Bertz CT molecular complexity index is 1460.